The van der Waals surface area contributed by atoms with E-state index in [0.717, 1.165) is 24.9 Å². The second kappa shape index (κ2) is 5.61. The maximum atomic E-state index is 14.2. The third-order valence-corrected chi connectivity index (χ3v) is 4.64. The first kappa shape index (κ1) is 14.3. The number of hydrogen-bond donors (Lipinski definition) is 0. The Bertz CT molecular complexity index is 606. The lowest BCUT2D eigenvalue weighted by molar-refractivity contribution is 0.118. The standard InChI is InChI=1S/C19H22FN/c1-19(2)13-12-18(16-10-6-7-11-17(16)20)21(19)14-15-8-4-3-5-9-15/h3-11,18H,12-14H2,1-2H3/t18-/m1/s1. The fourth-order valence-corrected chi connectivity index (χ4v) is 3.38. The molecule has 0 amide bonds. The first-order chi connectivity index (χ1) is 10.1. The van der Waals surface area contributed by atoms with Crippen molar-refractivity contribution >= 4 is 0 Å². The molecule has 2 aromatic rings. The molecule has 0 aliphatic carbocycles. The molecule has 21 heavy (non-hydrogen) atoms. The average Bonchev–Trinajstić information content (AvgIpc) is 2.76. The highest BCUT2D eigenvalue weighted by molar-refractivity contribution is 5.24. The third kappa shape index (κ3) is 2.86. The third-order valence-electron chi connectivity index (χ3n) is 4.64. The van der Waals surface area contributed by atoms with Crippen LogP contribution in [-0.2, 0) is 6.54 Å². The van der Waals surface area contributed by atoms with Crippen LogP contribution in [0.4, 0.5) is 4.39 Å². The van der Waals surface area contributed by atoms with Gasteiger partial charge in [0.1, 0.15) is 5.82 Å². The molecule has 1 nitrogen and oxygen atoms in total. The van der Waals surface area contributed by atoms with Crippen LogP contribution in [0, 0.1) is 5.82 Å². The summed E-state index contributed by atoms with van der Waals surface area (Å²) in [5, 5.41) is 0. The van der Waals surface area contributed by atoms with Crippen LogP contribution in [0.3, 0.4) is 0 Å². The largest absolute Gasteiger partial charge is 0.287 e. The molecular formula is C19H22FN. The Hall–Kier alpha value is -1.67. The monoisotopic (exact) mass is 283 g/mol. The highest BCUT2D eigenvalue weighted by atomic mass is 19.1. The molecule has 1 heterocycles. The van der Waals surface area contributed by atoms with E-state index < -0.39 is 0 Å². The normalized spacial score (nSPS) is 21.6. The van der Waals surface area contributed by atoms with Crippen LogP contribution in [0.15, 0.2) is 54.6 Å². The summed E-state index contributed by atoms with van der Waals surface area (Å²) < 4.78 is 14.2. The van der Waals surface area contributed by atoms with Crippen LogP contribution in [0.1, 0.15) is 43.9 Å². The molecule has 0 radical (unpaired) electrons. The number of halogens is 1. The van der Waals surface area contributed by atoms with Crippen molar-refractivity contribution in [2.24, 2.45) is 0 Å². The first-order valence-corrected chi connectivity index (χ1v) is 7.63. The highest BCUT2D eigenvalue weighted by Gasteiger charge is 2.40. The molecule has 3 rings (SSSR count). The Balaban J connectivity index is 1.92. The second-order valence-electron chi connectivity index (χ2n) is 6.50. The Morgan fingerprint density at radius 3 is 2.43 bits per heavy atom. The number of hydrogen-bond acceptors (Lipinski definition) is 1. The van der Waals surface area contributed by atoms with E-state index in [4.69, 9.17) is 0 Å². The topological polar surface area (TPSA) is 3.24 Å². The summed E-state index contributed by atoms with van der Waals surface area (Å²) in [4.78, 5) is 2.45. The van der Waals surface area contributed by atoms with Gasteiger partial charge in [0.15, 0.2) is 0 Å². The van der Waals surface area contributed by atoms with Crippen LogP contribution < -0.4 is 0 Å². The van der Waals surface area contributed by atoms with Crippen molar-refractivity contribution < 1.29 is 4.39 Å². The van der Waals surface area contributed by atoms with Gasteiger partial charge in [-0.15, -0.1) is 0 Å². The minimum Gasteiger partial charge on any atom is -0.287 e. The number of nitrogens with zero attached hydrogens (tertiary/aromatic N) is 1. The van der Waals surface area contributed by atoms with E-state index in [1.807, 2.05) is 18.2 Å². The molecule has 0 bridgehead atoms. The Labute approximate surface area is 126 Å². The highest BCUT2D eigenvalue weighted by Crippen LogP contribution is 2.43. The van der Waals surface area contributed by atoms with E-state index in [2.05, 4.69) is 43.0 Å². The van der Waals surface area contributed by atoms with Gasteiger partial charge in [0.05, 0.1) is 0 Å². The van der Waals surface area contributed by atoms with E-state index in [0.29, 0.717) is 0 Å². The lowest BCUT2D eigenvalue weighted by Gasteiger charge is -2.36. The van der Waals surface area contributed by atoms with Gasteiger partial charge in [-0.2, -0.15) is 0 Å². The van der Waals surface area contributed by atoms with Gasteiger partial charge in [0, 0.05) is 23.7 Å². The van der Waals surface area contributed by atoms with E-state index in [9.17, 15) is 4.39 Å². The quantitative estimate of drug-likeness (QED) is 0.771. The second-order valence-corrected chi connectivity index (χ2v) is 6.50. The fourth-order valence-electron chi connectivity index (χ4n) is 3.38. The van der Waals surface area contributed by atoms with Crippen molar-refractivity contribution in [3.05, 3.63) is 71.5 Å². The summed E-state index contributed by atoms with van der Waals surface area (Å²) in [5.41, 5.74) is 2.22. The number of likely N-dealkylation sites (tertiary alicyclic amines) is 1. The van der Waals surface area contributed by atoms with E-state index in [1.54, 1.807) is 12.1 Å². The van der Waals surface area contributed by atoms with Crippen molar-refractivity contribution in [3.63, 3.8) is 0 Å². The average molecular weight is 283 g/mol. The smallest absolute Gasteiger partial charge is 0.127 e. The van der Waals surface area contributed by atoms with Crippen molar-refractivity contribution in [1.82, 2.24) is 4.90 Å². The Morgan fingerprint density at radius 1 is 1.05 bits per heavy atom. The van der Waals surface area contributed by atoms with Crippen molar-refractivity contribution in [2.75, 3.05) is 0 Å². The molecule has 0 unspecified atom stereocenters. The molecule has 0 spiro atoms. The maximum Gasteiger partial charge on any atom is 0.127 e. The summed E-state index contributed by atoms with van der Waals surface area (Å²) in [6, 6.07) is 17.8. The summed E-state index contributed by atoms with van der Waals surface area (Å²) in [5.74, 6) is -0.0849. The van der Waals surface area contributed by atoms with Crippen LogP contribution in [0.5, 0.6) is 0 Å². The number of benzene rings is 2. The maximum absolute atomic E-state index is 14.2. The van der Waals surface area contributed by atoms with Gasteiger partial charge in [-0.1, -0.05) is 48.5 Å². The minimum absolute atomic E-state index is 0.0849. The van der Waals surface area contributed by atoms with Crippen LogP contribution >= 0.6 is 0 Å². The van der Waals surface area contributed by atoms with Gasteiger partial charge < -0.3 is 0 Å². The first-order valence-electron chi connectivity index (χ1n) is 7.63. The van der Waals surface area contributed by atoms with Crippen LogP contribution in [0.25, 0.3) is 0 Å². The predicted octanol–water partition coefficient (Wildman–Crippen LogP) is 4.94. The number of rotatable bonds is 3. The summed E-state index contributed by atoms with van der Waals surface area (Å²) >= 11 is 0. The van der Waals surface area contributed by atoms with Gasteiger partial charge in [0.25, 0.3) is 0 Å². The lowest BCUT2D eigenvalue weighted by atomic mass is 10.0. The molecule has 0 N–H and O–H groups in total. The summed E-state index contributed by atoms with van der Waals surface area (Å²) in [7, 11) is 0. The molecule has 1 saturated heterocycles. The molecule has 1 fully saturated rings. The summed E-state index contributed by atoms with van der Waals surface area (Å²) in [6.07, 6.45) is 2.11. The van der Waals surface area contributed by atoms with Crippen molar-refractivity contribution in [3.8, 4) is 0 Å². The lowest BCUT2D eigenvalue weighted by Crippen LogP contribution is -2.39. The van der Waals surface area contributed by atoms with Crippen molar-refractivity contribution in [1.29, 1.82) is 0 Å². The Morgan fingerprint density at radius 2 is 1.71 bits per heavy atom. The van der Waals surface area contributed by atoms with Crippen LogP contribution in [0.2, 0.25) is 0 Å². The van der Waals surface area contributed by atoms with E-state index in [1.165, 1.54) is 5.56 Å². The minimum atomic E-state index is -0.0849. The molecule has 110 valence electrons. The van der Waals surface area contributed by atoms with E-state index >= 15 is 0 Å². The molecule has 1 aliphatic heterocycles. The van der Waals surface area contributed by atoms with Crippen molar-refractivity contribution in [2.45, 2.75) is 44.8 Å². The molecule has 1 aliphatic rings. The molecule has 2 heteroatoms. The van der Waals surface area contributed by atoms with Crippen LogP contribution in [-0.4, -0.2) is 10.4 Å². The SMILES string of the molecule is CC1(C)CC[C@H](c2ccccc2F)N1Cc1ccccc1. The zero-order valence-corrected chi connectivity index (χ0v) is 12.7. The van der Waals surface area contributed by atoms with E-state index in [-0.39, 0.29) is 17.4 Å². The Kier molecular flexibility index (Phi) is 3.81. The predicted molar refractivity (Wildman–Crippen MR) is 84.4 cm³/mol. The van der Waals surface area contributed by atoms with Gasteiger partial charge >= 0.3 is 0 Å². The zero-order valence-electron chi connectivity index (χ0n) is 12.7. The molecule has 0 aromatic heterocycles. The van der Waals surface area contributed by atoms with Gasteiger partial charge in [-0.3, -0.25) is 4.90 Å². The summed E-state index contributed by atoms with van der Waals surface area (Å²) in [6.45, 7) is 5.39. The van der Waals surface area contributed by atoms with Gasteiger partial charge in [-0.05, 0) is 38.3 Å². The molecule has 1 atom stereocenters. The molecule has 2 aromatic carbocycles. The van der Waals surface area contributed by atoms with Gasteiger partial charge in [0.2, 0.25) is 0 Å². The molecular weight excluding hydrogens is 261 g/mol. The fraction of sp³-hybridized carbons (Fsp3) is 0.368. The molecule has 0 saturated carbocycles. The van der Waals surface area contributed by atoms with Gasteiger partial charge in [-0.25, -0.2) is 4.39 Å². The zero-order chi connectivity index (χ0) is 14.9.